The largest absolute Gasteiger partial charge is 0.481 e. The van der Waals surface area contributed by atoms with Crippen molar-refractivity contribution in [2.45, 2.75) is 63.6 Å². The summed E-state index contributed by atoms with van der Waals surface area (Å²) < 4.78 is 2.07. The number of fused-ring (bicyclic) bond motifs is 3. The van der Waals surface area contributed by atoms with E-state index in [9.17, 15) is 15.0 Å². The number of aromatic nitrogens is 3. The van der Waals surface area contributed by atoms with Crippen LogP contribution in [0, 0.1) is 5.92 Å². The molecule has 0 bridgehead atoms. The van der Waals surface area contributed by atoms with Crippen LogP contribution in [0.5, 0.6) is 0 Å². The normalized spacial score (nSPS) is 24.0. The van der Waals surface area contributed by atoms with E-state index in [0.717, 1.165) is 48.0 Å². The van der Waals surface area contributed by atoms with Crippen molar-refractivity contribution in [1.82, 2.24) is 14.5 Å². The van der Waals surface area contributed by atoms with Crippen LogP contribution in [-0.4, -0.2) is 36.8 Å². The fourth-order valence-electron chi connectivity index (χ4n) is 5.20. The van der Waals surface area contributed by atoms with Crippen molar-refractivity contribution in [3.8, 4) is 0 Å². The average Bonchev–Trinajstić information content (AvgIpc) is 3.19. The van der Waals surface area contributed by atoms with Crippen LogP contribution in [0.2, 0.25) is 5.02 Å². The SMILES string of the molecule is C[C@H]1CCc2c(ccc3c2nc(C(O)c2ccc(Cl)cn2)n3C2CCCC(C(=O)O)C2)N1. The van der Waals surface area contributed by atoms with Crippen molar-refractivity contribution in [2.24, 2.45) is 5.92 Å². The van der Waals surface area contributed by atoms with E-state index in [1.165, 1.54) is 6.20 Å². The van der Waals surface area contributed by atoms with Gasteiger partial charge in [0.15, 0.2) is 6.10 Å². The number of halogens is 1. The molecule has 0 saturated heterocycles. The Labute approximate surface area is 191 Å². The Morgan fingerprint density at radius 3 is 2.84 bits per heavy atom. The minimum Gasteiger partial charge on any atom is -0.481 e. The average molecular weight is 455 g/mol. The number of aliphatic hydroxyl groups excluding tert-OH is 1. The standard InChI is InChI=1S/C24H27ClN4O3/c1-13-5-7-17-18(27-13)9-10-20-21(17)28-23(22(30)19-8-6-15(25)12-26-19)29(20)16-4-2-3-14(11-16)24(31)32/h6,8-10,12-14,16,22,27,30H,2-5,7,11H2,1H3,(H,31,32)/t13-,14?,16?,22?/m0/s1. The van der Waals surface area contributed by atoms with Gasteiger partial charge in [0, 0.05) is 29.5 Å². The van der Waals surface area contributed by atoms with E-state index in [1.807, 2.05) is 6.07 Å². The number of pyridine rings is 1. The van der Waals surface area contributed by atoms with Gasteiger partial charge in [-0.2, -0.15) is 0 Å². The van der Waals surface area contributed by atoms with Crippen molar-refractivity contribution in [3.63, 3.8) is 0 Å². The molecule has 1 aliphatic heterocycles. The number of anilines is 1. The summed E-state index contributed by atoms with van der Waals surface area (Å²) in [4.78, 5) is 21.0. The minimum absolute atomic E-state index is 0.0414. The number of aliphatic hydroxyl groups is 1. The van der Waals surface area contributed by atoms with Gasteiger partial charge in [-0.25, -0.2) is 4.98 Å². The summed E-state index contributed by atoms with van der Waals surface area (Å²) in [5, 5.41) is 25.0. The van der Waals surface area contributed by atoms with Gasteiger partial charge in [-0.3, -0.25) is 9.78 Å². The van der Waals surface area contributed by atoms with Gasteiger partial charge in [0.2, 0.25) is 0 Å². The van der Waals surface area contributed by atoms with E-state index in [0.29, 0.717) is 35.4 Å². The Hall–Kier alpha value is -2.64. The second-order valence-corrected chi connectivity index (χ2v) is 9.48. The Morgan fingerprint density at radius 1 is 1.25 bits per heavy atom. The Bertz CT molecular complexity index is 1160. The van der Waals surface area contributed by atoms with Gasteiger partial charge in [0.25, 0.3) is 0 Å². The smallest absolute Gasteiger partial charge is 0.306 e. The summed E-state index contributed by atoms with van der Waals surface area (Å²) in [5.74, 6) is -0.626. The van der Waals surface area contributed by atoms with Gasteiger partial charge in [0.05, 0.1) is 27.7 Å². The Morgan fingerprint density at radius 2 is 2.09 bits per heavy atom. The first-order valence-corrected chi connectivity index (χ1v) is 11.6. The summed E-state index contributed by atoms with van der Waals surface area (Å²) in [7, 11) is 0. The maximum atomic E-state index is 11.7. The third kappa shape index (κ3) is 3.73. The fourth-order valence-corrected chi connectivity index (χ4v) is 5.31. The number of carbonyl (C=O) groups is 1. The number of rotatable bonds is 4. The van der Waals surface area contributed by atoms with E-state index < -0.39 is 12.1 Å². The molecule has 2 aliphatic rings. The molecule has 1 aromatic carbocycles. The molecule has 168 valence electrons. The highest BCUT2D eigenvalue weighted by Gasteiger charge is 2.33. The number of aliphatic carboxylic acids is 1. The monoisotopic (exact) mass is 454 g/mol. The Balaban J connectivity index is 1.66. The first-order valence-electron chi connectivity index (χ1n) is 11.2. The molecule has 3 unspecified atom stereocenters. The third-order valence-corrected chi connectivity index (χ3v) is 7.08. The molecule has 32 heavy (non-hydrogen) atoms. The van der Waals surface area contributed by atoms with E-state index in [4.69, 9.17) is 16.6 Å². The van der Waals surface area contributed by atoms with Gasteiger partial charge < -0.3 is 20.1 Å². The fraction of sp³-hybridized carbons (Fsp3) is 0.458. The van der Waals surface area contributed by atoms with Crippen LogP contribution in [0.15, 0.2) is 30.5 Å². The zero-order valence-electron chi connectivity index (χ0n) is 18.0. The van der Waals surface area contributed by atoms with E-state index in [-0.39, 0.29) is 12.0 Å². The third-order valence-electron chi connectivity index (χ3n) is 6.86. The molecule has 3 aromatic rings. The number of aryl methyl sites for hydroxylation is 1. The number of nitrogens with zero attached hydrogens (tertiary/aromatic N) is 3. The predicted octanol–water partition coefficient (Wildman–Crippen LogP) is 4.73. The van der Waals surface area contributed by atoms with Crippen LogP contribution >= 0.6 is 11.6 Å². The van der Waals surface area contributed by atoms with Gasteiger partial charge >= 0.3 is 5.97 Å². The van der Waals surface area contributed by atoms with Crippen LogP contribution in [0.3, 0.4) is 0 Å². The molecule has 0 spiro atoms. The first-order chi connectivity index (χ1) is 15.4. The maximum Gasteiger partial charge on any atom is 0.306 e. The second kappa shape index (κ2) is 8.37. The lowest BCUT2D eigenvalue weighted by Crippen LogP contribution is -2.26. The Kier molecular flexibility index (Phi) is 5.55. The number of hydrogen-bond donors (Lipinski definition) is 3. The number of hydrogen-bond acceptors (Lipinski definition) is 5. The van der Waals surface area contributed by atoms with Crippen LogP contribution in [-0.2, 0) is 11.2 Å². The quantitative estimate of drug-likeness (QED) is 0.527. The van der Waals surface area contributed by atoms with Crippen LogP contribution in [0.25, 0.3) is 11.0 Å². The van der Waals surface area contributed by atoms with Gasteiger partial charge in [-0.05, 0) is 63.3 Å². The van der Waals surface area contributed by atoms with Crippen LogP contribution < -0.4 is 5.32 Å². The molecule has 7 nitrogen and oxygen atoms in total. The summed E-state index contributed by atoms with van der Waals surface area (Å²) in [6.45, 7) is 2.17. The zero-order chi connectivity index (χ0) is 22.4. The molecule has 1 aliphatic carbocycles. The van der Waals surface area contributed by atoms with Crippen molar-refractivity contribution in [2.75, 3.05) is 5.32 Å². The van der Waals surface area contributed by atoms with Crippen molar-refractivity contribution < 1.29 is 15.0 Å². The number of imidazole rings is 1. The van der Waals surface area contributed by atoms with Crippen LogP contribution in [0.1, 0.15) is 68.3 Å². The van der Waals surface area contributed by atoms with Crippen molar-refractivity contribution in [1.29, 1.82) is 0 Å². The highest BCUT2D eigenvalue weighted by Crippen LogP contribution is 2.40. The van der Waals surface area contributed by atoms with Gasteiger partial charge in [0.1, 0.15) is 5.82 Å². The van der Waals surface area contributed by atoms with E-state index >= 15 is 0 Å². The van der Waals surface area contributed by atoms with Gasteiger partial charge in [-0.1, -0.05) is 18.0 Å². The highest BCUT2D eigenvalue weighted by molar-refractivity contribution is 6.30. The number of benzene rings is 1. The number of carboxylic acid groups (broad SMARTS) is 1. The maximum absolute atomic E-state index is 11.7. The number of nitrogens with one attached hydrogen (secondary N) is 1. The molecule has 4 atom stereocenters. The highest BCUT2D eigenvalue weighted by atomic mass is 35.5. The molecule has 0 amide bonds. The van der Waals surface area contributed by atoms with E-state index in [2.05, 4.69) is 27.9 Å². The minimum atomic E-state index is -1.03. The lowest BCUT2D eigenvalue weighted by Gasteiger charge is -2.30. The molecular weight excluding hydrogens is 428 g/mol. The van der Waals surface area contributed by atoms with E-state index in [1.54, 1.807) is 12.1 Å². The first kappa shape index (κ1) is 21.2. The molecule has 1 fully saturated rings. The second-order valence-electron chi connectivity index (χ2n) is 9.04. The molecule has 2 aromatic heterocycles. The van der Waals surface area contributed by atoms with Crippen LogP contribution in [0.4, 0.5) is 5.69 Å². The van der Waals surface area contributed by atoms with Crippen molar-refractivity contribution in [3.05, 3.63) is 52.6 Å². The summed E-state index contributed by atoms with van der Waals surface area (Å²) in [6.07, 6.45) is 5.31. The molecule has 3 heterocycles. The van der Waals surface area contributed by atoms with Gasteiger partial charge in [-0.15, -0.1) is 0 Å². The molecule has 8 heteroatoms. The molecule has 0 radical (unpaired) electrons. The number of carboxylic acids is 1. The molecular formula is C24H27ClN4O3. The lowest BCUT2D eigenvalue weighted by atomic mass is 9.85. The summed E-state index contributed by atoms with van der Waals surface area (Å²) >= 11 is 5.99. The summed E-state index contributed by atoms with van der Waals surface area (Å²) in [6, 6.07) is 7.90. The van der Waals surface area contributed by atoms with Crippen molar-refractivity contribution >= 4 is 34.3 Å². The zero-order valence-corrected chi connectivity index (χ0v) is 18.7. The molecule has 1 saturated carbocycles. The topological polar surface area (TPSA) is 100 Å². The predicted molar refractivity (Wildman–Crippen MR) is 123 cm³/mol. The molecule has 5 rings (SSSR count). The lowest BCUT2D eigenvalue weighted by molar-refractivity contribution is -0.143. The molecule has 3 N–H and O–H groups in total. The summed E-state index contributed by atoms with van der Waals surface area (Å²) in [5.41, 5.74) is 4.53.